The van der Waals surface area contributed by atoms with Gasteiger partial charge in [-0.3, -0.25) is 9.59 Å². The van der Waals surface area contributed by atoms with Gasteiger partial charge in [-0.15, -0.1) is 0 Å². The number of amides is 2. The monoisotopic (exact) mass is 340 g/mol. The van der Waals surface area contributed by atoms with Gasteiger partial charge in [0.25, 0.3) is 5.91 Å². The molecule has 0 saturated carbocycles. The number of nitrogens with one attached hydrogen (secondary N) is 1. The van der Waals surface area contributed by atoms with Crippen LogP contribution in [0.3, 0.4) is 0 Å². The molecule has 2 amide bonds. The van der Waals surface area contributed by atoms with E-state index in [1.54, 1.807) is 55.3 Å². The van der Waals surface area contributed by atoms with Crippen molar-refractivity contribution in [1.29, 1.82) is 0 Å². The standard InChI is InChI=1S/C20H24N2O3/c1-14(13-16-9-11-18(23)12-10-16)22(3)20(25)15(2)21-19(24)17-7-5-4-6-8-17/h4-12,14-15,23H,13H2,1-3H3,(H,21,24)/t14-,15-/m0/s1. The van der Waals surface area contributed by atoms with E-state index < -0.39 is 6.04 Å². The maximum atomic E-state index is 12.6. The van der Waals surface area contributed by atoms with E-state index in [0.717, 1.165) is 5.56 Å². The maximum absolute atomic E-state index is 12.6. The number of hydrogen-bond acceptors (Lipinski definition) is 3. The number of carbonyl (C=O) groups is 2. The van der Waals surface area contributed by atoms with Gasteiger partial charge in [0, 0.05) is 18.7 Å². The molecule has 0 fully saturated rings. The summed E-state index contributed by atoms with van der Waals surface area (Å²) >= 11 is 0. The van der Waals surface area contributed by atoms with Crippen molar-refractivity contribution in [2.45, 2.75) is 32.4 Å². The molecule has 5 heteroatoms. The molecule has 0 spiro atoms. The van der Waals surface area contributed by atoms with Gasteiger partial charge in [0.15, 0.2) is 0 Å². The Balaban J connectivity index is 1.93. The van der Waals surface area contributed by atoms with Crippen molar-refractivity contribution in [1.82, 2.24) is 10.2 Å². The summed E-state index contributed by atoms with van der Waals surface area (Å²) < 4.78 is 0. The summed E-state index contributed by atoms with van der Waals surface area (Å²) in [6, 6.07) is 15.1. The molecule has 0 radical (unpaired) electrons. The van der Waals surface area contributed by atoms with Gasteiger partial charge in [0.05, 0.1) is 0 Å². The predicted molar refractivity (Wildman–Crippen MR) is 97.4 cm³/mol. The third-order valence-electron chi connectivity index (χ3n) is 4.23. The first-order valence-electron chi connectivity index (χ1n) is 8.29. The maximum Gasteiger partial charge on any atom is 0.251 e. The van der Waals surface area contributed by atoms with Gasteiger partial charge < -0.3 is 15.3 Å². The van der Waals surface area contributed by atoms with E-state index in [1.807, 2.05) is 25.1 Å². The lowest BCUT2D eigenvalue weighted by Crippen LogP contribution is -2.48. The Morgan fingerprint density at radius 2 is 1.64 bits per heavy atom. The molecule has 2 aromatic carbocycles. The van der Waals surface area contributed by atoms with E-state index in [1.165, 1.54) is 0 Å². The number of aromatic hydroxyl groups is 1. The van der Waals surface area contributed by atoms with Gasteiger partial charge in [-0.1, -0.05) is 30.3 Å². The fourth-order valence-electron chi connectivity index (χ4n) is 2.56. The lowest BCUT2D eigenvalue weighted by atomic mass is 10.1. The van der Waals surface area contributed by atoms with Crippen molar-refractivity contribution in [3.05, 3.63) is 65.7 Å². The Morgan fingerprint density at radius 3 is 2.24 bits per heavy atom. The van der Waals surface area contributed by atoms with E-state index in [0.29, 0.717) is 12.0 Å². The molecule has 25 heavy (non-hydrogen) atoms. The van der Waals surface area contributed by atoms with Crippen molar-refractivity contribution >= 4 is 11.8 Å². The van der Waals surface area contributed by atoms with Crippen LogP contribution in [0.1, 0.15) is 29.8 Å². The molecule has 2 rings (SSSR count). The molecule has 0 aliphatic heterocycles. The highest BCUT2D eigenvalue weighted by atomic mass is 16.3. The number of carbonyl (C=O) groups excluding carboxylic acids is 2. The van der Waals surface area contributed by atoms with E-state index in [4.69, 9.17) is 0 Å². The molecule has 0 unspecified atom stereocenters. The Morgan fingerprint density at radius 1 is 1.04 bits per heavy atom. The van der Waals surface area contributed by atoms with Crippen molar-refractivity contribution in [3.63, 3.8) is 0 Å². The average molecular weight is 340 g/mol. The molecule has 2 aromatic rings. The normalized spacial score (nSPS) is 12.9. The lowest BCUT2D eigenvalue weighted by Gasteiger charge is -2.28. The van der Waals surface area contributed by atoms with Gasteiger partial charge in [-0.2, -0.15) is 0 Å². The molecule has 0 aliphatic rings. The van der Waals surface area contributed by atoms with Crippen molar-refractivity contribution < 1.29 is 14.7 Å². The molecular weight excluding hydrogens is 316 g/mol. The fourth-order valence-corrected chi connectivity index (χ4v) is 2.56. The fraction of sp³-hybridized carbons (Fsp3) is 0.300. The van der Waals surface area contributed by atoms with Gasteiger partial charge in [0.2, 0.25) is 5.91 Å². The van der Waals surface area contributed by atoms with Crippen molar-refractivity contribution in [3.8, 4) is 5.75 Å². The minimum Gasteiger partial charge on any atom is -0.508 e. The highest BCUT2D eigenvalue weighted by molar-refractivity contribution is 5.97. The van der Waals surface area contributed by atoms with E-state index in [-0.39, 0.29) is 23.6 Å². The number of likely N-dealkylation sites (N-methyl/N-ethyl adjacent to an activating group) is 1. The number of phenolic OH excluding ortho intramolecular Hbond substituents is 1. The number of rotatable bonds is 6. The highest BCUT2D eigenvalue weighted by Crippen LogP contribution is 2.13. The third kappa shape index (κ3) is 5.08. The van der Waals surface area contributed by atoms with E-state index >= 15 is 0 Å². The predicted octanol–water partition coefficient (Wildman–Crippen LogP) is 2.60. The van der Waals surface area contributed by atoms with Crippen LogP contribution in [0, 0.1) is 0 Å². The van der Waals surface area contributed by atoms with Crippen LogP contribution < -0.4 is 5.32 Å². The molecule has 0 bridgehead atoms. The quantitative estimate of drug-likeness (QED) is 0.849. The number of hydrogen-bond donors (Lipinski definition) is 2. The minimum absolute atomic E-state index is 0.0341. The van der Waals surface area contributed by atoms with Crippen LogP contribution in [-0.2, 0) is 11.2 Å². The molecule has 5 nitrogen and oxygen atoms in total. The topological polar surface area (TPSA) is 69.6 Å². The highest BCUT2D eigenvalue weighted by Gasteiger charge is 2.23. The lowest BCUT2D eigenvalue weighted by molar-refractivity contribution is -0.133. The molecule has 2 atom stereocenters. The molecule has 0 aliphatic carbocycles. The van der Waals surface area contributed by atoms with Gasteiger partial charge in [-0.05, 0) is 50.1 Å². The van der Waals surface area contributed by atoms with Crippen LogP contribution in [0.25, 0.3) is 0 Å². The van der Waals surface area contributed by atoms with Crippen molar-refractivity contribution in [2.24, 2.45) is 0 Å². The Kier molecular flexibility index (Phi) is 6.17. The summed E-state index contributed by atoms with van der Waals surface area (Å²) in [4.78, 5) is 26.4. The minimum atomic E-state index is -0.611. The smallest absolute Gasteiger partial charge is 0.251 e. The van der Waals surface area contributed by atoms with Gasteiger partial charge >= 0.3 is 0 Å². The zero-order valence-electron chi connectivity index (χ0n) is 14.8. The van der Waals surface area contributed by atoms with Crippen LogP contribution in [-0.4, -0.2) is 41.0 Å². The van der Waals surface area contributed by atoms with E-state index in [2.05, 4.69) is 5.32 Å². The van der Waals surface area contributed by atoms with Gasteiger partial charge in [-0.25, -0.2) is 0 Å². The zero-order chi connectivity index (χ0) is 18.4. The first kappa shape index (κ1) is 18.5. The zero-order valence-corrected chi connectivity index (χ0v) is 14.8. The number of benzene rings is 2. The average Bonchev–Trinajstić information content (AvgIpc) is 2.62. The molecule has 0 heterocycles. The number of phenols is 1. The summed E-state index contributed by atoms with van der Waals surface area (Å²) in [5.41, 5.74) is 1.56. The second-order valence-electron chi connectivity index (χ2n) is 6.23. The summed E-state index contributed by atoms with van der Waals surface area (Å²) in [6.45, 7) is 3.64. The van der Waals surface area contributed by atoms with Crippen LogP contribution in [0.5, 0.6) is 5.75 Å². The Bertz CT molecular complexity index is 713. The first-order valence-corrected chi connectivity index (χ1v) is 8.29. The largest absolute Gasteiger partial charge is 0.508 e. The third-order valence-corrected chi connectivity index (χ3v) is 4.23. The second kappa shape index (κ2) is 8.33. The Labute approximate surface area is 148 Å². The van der Waals surface area contributed by atoms with Crippen LogP contribution in [0.4, 0.5) is 0 Å². The molecular formula is C20H24N2O3. The van der Waals surface area contributed by atoms with Gasteiger partial charge in [0.1, 0.15) is 11.8 Å². The molecule has 0 aromatic heterocycles. The molecule has 0 saturated heterocycles. The van der Waals surface area contributed by atoms with Crippen molar-refractivity contribution in [2.75, 3.05) is 7.05 Å². The summed E-state index contributed by atoms with van der Waals surface area (Å²) in [7, 11) is 1.73. The number of nitrogens with zero attached hydrogens (tertiary/aromatic N) is 1. The summed E-state index contributed by atoms with van der Waals surface area (Å²) in [6.07, 6.45) is 0.669. The van der Waals surface area contributed by atoms with E-state index in [9.17, 15) is 14.7 Å². The summed E-state index contributed by atoms with van der Waals surface area (Å²) in [5, 5.41) is 12.1. The molecule has 132 valence electrons. The van der Waals surface area contributed by atoms with Crippen LogP contribution >= 0.6 is 0 Å². The first-order chi connectivity index (χ1) is 11.9. The van der Waals surface area contributed by atoms with Crippen LogP contribution in [0.2, 0.25) is 0 Å². The second-order valence-corrected chi connectivity index (χ2v) is 6.23. The van der Waals surface area contributed by atoms with Crippen LogP contribution in [0.15, 0.2) is 54.6 Å². The molecule has 2 N–H and O–H groups in total. The Hall–Kier alpha value is -2.82. The summed E-state index contributed by atoms with van der Waals surface area (Å²) in [5.74, 6) is -0.185. The SMILES string of the molecule is C[C@H](NC(=O)c1ccccc1)C(=O)N(C)[C@@H](C)Cc1ccc(O)cc1.